The monoisotopic (exact) mass is 310 g/mol. The van der Waals surface area contributed by atoms with Crippen molar-refractivity contribution in [2.45, 2.75) is 33.9 Å². The van der Waals surface area contributed by atoms with Gasteiger partial charge in [0.2, 0.25) is 5.91 Å². The molecule has 0 aliphatic heterocycles. The fraction of sp³-hybridized carbons (Fsp3) is 0.375. The lowest BCUT2D eigenvalue weighted by Crippen LogP contribution is -2.38. The van der Waals surface area contributed by atoms with Crippen LogP contribution in [-0.2, 0) is 11.0 Å². The molecule has 0 saturated carbocycles. The molecule has 1 aromatic rings. The zero-order chi connectivity index (χ0) is 17.3. The van der Waals surface area contributed by atoms with Gasteiger partial charge in [0.15, 0.2) is 0 Å². The van der Waals surface area contributed by atoms with Gasteiger partial charge in [-0.2, -0.15) is 18.4 Å². The van der Waals surface area contributed by atoms with Crippen LogP contribution in [0.2, 0.25) is 0 Å². The van der Waals surface area contributed by atoms with Gasteiger partial charge >= 0.3 is 6.18 Å². The van der Waals surface area contributed by atoms with Crippen molar-refractivity contribution in [2.24, 2.45) is 5.41 Å². The largest absolute Gasteiger partial charge is 0.417 e. The second kappa shape index (κ2) is 5.84. The Morgan fingerprint density at radius 3 is 2.18 bits per heavy atom. The third-order valence-corrected chi connectivity index (χ3v) is 2.91. The maximum absolute atomic E-state index is 13.0. The Bertz CT molecular complexity index is 649. The van der Waals surface area contributed by atoms with Gasteiger partial charge in [0.05, 0.1) is 17.2 Å². The lowest BCUT2D eigenvalue weighted by atomic mass is 9.94. The summed E-state index contributed by atoms with van der Waals surface area (Å²) in [5, 5.41) is 8.81. The first kappa shape index (κ1) is 17.8. The van der Waals surface area contributed by atoms with Crippen LogP contribution in [0, 0.1) is 16.7 Å². The second-order valence-corrected chi connectivity index (χ2v) is 5.97. The number of benzene rings is 1. The Balaban J connectivity index is 3.50. The summed E-state index contributed by atoms with van der Waals surface area (Å²) in [6, 6.07) is 4.68. The number of allylic oxidation sites excluding steroid dienone is 1. The number of alkyl halides is 3. The summed E-state index contributed by atoms with van der Waals surface area (Å²) in [7, 11) is 0. The number of nitriles is 1. The summed E-state index contributed by atoms with van der Waals surface area (Å²) >= 11 is 0. The molecule has 0 atom stereocenters. The normalized spacial score (nSPS) is 11.7. The molecule has 118 valence electrons. The Morgan fingerprint density at radius 2 is 1.82 bits per heavy atom. The summed E-state index contributed by atoms with van der Waals surface area (Å²) in [6.45, 7) is 10.2. The van der Waals surface area contributed by atoms with E-state index in [0.717, 1.165) is 17.0 Å². The quantitative estimate of drug-likeness (QED) is 0.808. The van der Waals surface area contributed by atoms with E-state index in [9.17, 15) is 18.0 Å². The summed E-state index contributed by atoms with van der Waals surface area (Å²) in [4.78, 5) is 13.6. The Hall–Kier alpha value is -2.29. The lowest BCUT2D eigenvalue weighted by Gasteiger charge is -2.30. The third kappa shape index (κ3) is 3.67. The number of halogens is 3. The average Bonchev–Trinajstić information content (AvgIpc) is 2.36. The number of nitrogens with zero attached hydrogens (tertiary/aromatic N) is 2. The molecule has 0 N–H and O–H groups in total. The van der Waals surface area contributed by atoms with E-state index in [-0.39, 0.29) is 11.6 Å². The van der Waals surface area contributed by atoms with Crippen LogP contribution in [0.5, 0.6) is 0 Å². The van der Waals surface area contributed by atoms with Gasteiger partial charge in [0, 0.05) is 16.8 Å². The van der Waals surface area contributed by atoms with Crippen LogP contribution in [0.3, 0.4) is 0 Å². The molecule has 1 amide bonds. The molecule has 0 aliphatic rings. The Morgan fingerprint density at radius 1 is 1.27 bits per heavy atom. The van der Waals surface area contributed by atoms with Gasteiger partial charge in [-0.1, -0.05) is 27.4 Å². The summed E-state index contributed by atoms with van der Waals surface area (Å²) in [6.07, 6.45) is -4.67. The van der Waals surface area contributed by atoms with E-state index >= 15 is 0 Å². The van der Waals surface area contributed by atoms with Crippen LogP contribution in [0.4, 0.5) is 18.9 Å². The van der Waals surface area contributed by atoms with E-state index < -0.39 is 22.7 Å². The molecule has 3 nitrogen and oxygen atoms in total. The fourth-order valence-corrected chi connectivity index (χ4v) is 1.85. The molecule has 0 saturated heterocycles. The average molecular weight is 310 g/mol. The van der Waals surface area contributed by atoms with Crippen LogP contribution in [0.1, 0.15) is 38.8 Å². The smallest absolute Gasteiger partial charge is 0.285 e. The van der Waals surface area contributed by atoms with Crippen LogP contribution >= 0.6 is 0 Å². The molecule has 0 aromatic heterocycles. The lowest BCUT2D eigenvalue weighted by molar-refractivity contribution is -0.137. The van der Waals surface area contributed by atoms with E-state index in [4.69, 9.17) is 5.26 Å². The van der Waals surface area contributed by atoms with Crippen molar-refractivity contribution in [1.29, 1.82) is 5.26 Å². The van der Waals surface area contributed by atoms with Gasteiger partial charge in [-0.15, -0.1) is 0 Å². The maximum atomic E-state index is 13.0. The van der Waals surface area contributed by atoms with E-state index in [2.05, 4.69) is 6.58 Å². The minimum atomic E-state index is -4.67. The van der Waals surface area contributed by atoms with E-state index in [0.29, 0.717) is 5.70 Å². The van der Waals surface area contributed by atoms with Crippen LogP contribution in [0.25, 0.3) is 0 Å². The van der Waals surface area contributed by atoms with Crippen molar-refractivity contribution in [3.8, 4) is 6.07 Å². The van der Waals surface area contributed by atoms with E-state index in [1.54, 1.807) is 20.8 Å². The molecule has 0 unspecified atom stereocenters. The molecule has 0 radical (unpaired) electrons. The van der Waals surface area contributed by atoms with Crippen LogP contribution < -0.4 is 4.90 Å². The number of rotatable bonds is 2. The van der Waals surface area contributed by atoms with Crippen molar-refractivity contribution in [3.05, 3.63) is 41.6 Å². The third-order valence-electron chi connectivity index (χ3n) is 2.91. The number of amides is 1. The standard InChI is InChI=1S/C16H17F3N2O/c1-10(2)21(14(22)15(3,4)5)12-7-6-11(9-20)13(8-12)16(17,18)19/h6-8H,1H2,2-5H3. The zero-order valence-electron chi connectivity index (χ0n) is 12.9. The number of anilines is 1. The molecule has 0 aliphatic carbocycles. The molecule has 22 heavy (non-hydrogen) atoms. The molecule has 1 rings (SSSR count). The van der Waals surface area contributed by atoms with Crippen LogP contribution in [-0.4, -0.2) is 5.91 Å². The second-order valence-electron chi connectivity index (χ2n) is 5.97. The predicted molar refractivity (Wildman–Crippen MR) is 77.9 cm³/mol. The first-order chi connectivity index (χ1) is 9.89. The van der Waals surface area contributed by atoms with Crippen molar-refractivity contribution >= 4 is 11.6 Å². The van der Waals surface area contributed by atoms with Gasteiger partial charge in [0.1, 0.15) is 0 Å². The highest BCUT2D eigenvalue weighted by Crippen LogP contribution is 2.36. The summed E-state index contributed by atoms with van der Waals surface area (Å²) < 4.78 is 39.1. The molecule has 0 spiro atoms. The highest BCUT2D eigenvalue weighted by atomic mass is 19.4. The molecule has 0 bridgehead atoms. The number of hydrogen-bond donors (Lipinski definition) is 0. The van der Waals surface area contributed by atoms with Gasteiger partial charge < -0.3 is 0 Å². The SMILES string of the molecule is C=C(C)N(C(=O)C(C)(C)C)c1ccc(C#N)c(C(F)(F)F)c1. The maximum Gasteiger partial charge on any atom is 0.417 e. The topological polar surface area (TPSA) is 44.1 Å². The van der Waals surface area contributed by atoms with Crippen LogP contribution in [0.15, 0.2) is 30.5 Å². The number of carbonyl (C=O) groups excluding carboxylic acids is 1. The molecular weight excluding hydrogens is 293 g/mol. The fourth-order valence-electron chi connectivity index (χ4n) is 1.85. The highest BCUT2D eigenvalue weighted by Gasteiger charge is 2.35. The summed E-state index contributed by atoms with van der Waals surface area (Å²) in [5.41, 5.74) is -2.00. The molecule has 0 fully saturated rings. The minimum Gasteiger partial charge on any atom is -0.285 e. The zero-order valence-corrected chi connectivity index (χ0v) is 12.9. The van der Waals surface area contributed by atoms with E-state index in [1.165, 1.54) is 19.1 Å². The molecule has 0 heterocycles. The minimum absolute atomic E-state index is 0.0405. The number of hydrogen-bond acceptors (Lipinski definition) is 2. The van der Waals surface area contributed by atoms with Crippen molar-refractivity contribution in [3.63, 3.8) is 0 Å². The van der Waals surface area contributed by atoms with Gasteiger partial charge in [-0.25, -0.2) is 0 Å². The Kier molecular flexibility index (Phi) is 4.71. The predicted octanol–water partition coefficient (Wildman–Crippen LogP) is 4.49. The van der Waals surface area contributed by atoms with E-state index in [1.807, 2.05) is 0 Å². The first-order valence-corrected chi connectivity index (χ1v) is 6.51. The Labute approximate surface area is 127 Å². The van der Waals surface area contributed by atoms with Gasteiger partial charge in [-0.3, -0.25) is 9.69 Å². The van der Waals surface area contributed by atoms with Gasteiger partial charge in [0.25, 0.3) is 0 Å². The van der Waals surface area contributed by atoms with Gasteiger partial charge in [-0.05, 0) is 25.1 Å². The molecular formula is C16H17F3N2O. The number of carbonyl (C=O) groups is 1. The van der Waals surface area contributed by atoms with Crippen molar-refractivity contribution in [1.82, 2.24) is 0 Å². The molecule has 6 heteroatoms. The van der Waals surface area contributed by atoms with Crippen molar-refractivity contribution < 1.29 is 18.0 Å². The highest BCUT2D eigenvalue weighted by molar-refractivity contribution is 5.99. The summed E-state index contributed by atoms with van der Waals surface area (Å²) in [5.74, 6) is -0.377. The van der Waals surface area contributed by atoms with Crippen molar-refractivity contribution in [2.75, 3.05) is 4.90 Å². The molecule has 1 aromatic carbocycles. The first-order valence-electron chi connectivity index (χ1n) is 6.51.